The van der Waals surface area contributed by atoms with Crippen molar-refractivity contribution >= 4 is 35.0 Å². The van der Waals surface area contributed by atoms with Crippen molar-refractivity contribution in [1.29, 1.82) is 0 Å². The number of hydrogen-bond acceptors (Lipinski definition) is 9. The number of nitrogens with zero attached hydrogens (tertiary/aromatic N) is 3. The number of carbonyl (C=O) groups excluding carboxylic acids is 4. The summed E-state index contributed by atoms with van der Waals surface area (Å²) in [5.74, 6) is -1.40. The quantitative estimate of drug-likeness (QED) is 0.302. The van der Waals surface area contributed by atoms with Gasteiger partial charge in [0.1, 0.15) is 28.8 Å². The molecule has 45 heavy (non-hydrogen) atoms. The first-order valence-electron chi connectivity index (χ1n) is 14.5. The maximum absolute atomic E-state index is 13.6. The van der Waals surface area contributed by atoms with Gasteiger partial charge in [-0.3, -0.25) is 19.2 Å². The van der Waals surface area contributed by atoms with Gasteiger partial charge in [0, 0.05) is 24.9 Å². The van der Waals surface area contributed by atoms with Crippen LogP contribution in [-0.2, 0) is 11.2 Å². The van der Waals surface area contributed by atoms with E-state index in [9.17, 15) is 19.2 Å². The fourth-order valence-electron chi connectivity index (χ4n) is 4.91. The molecule has 3 heterocycles. The first-order valence-corrected chi connectivity index (χ1v) is 15.4. The molecule has 1 aliphatic rings. The summed E-state index contributed by atoms with van der Waals surface area (Å²) >= 11 is 1.26. The summed E-state index contributed by atoms with van der Waals surface area (Å²) in [6, 6.07) is 15.0. The van der Waals surface area contributed by atoms with E-state index in [0.29, 0.717) is 17.2 Å². The van der Waals surface area contributed by atoms with E-state index >= 15 is 0 Å². The predicted octanol–water partition coefficient (Wildman–Crippen LogP) is 3.55. The Morgan fingerprint density at radius 2 is 1.78 bits per heavy atom. The number of rotatable bonds is 5. The average molecular weight is 631 g/mol. The van der Waals surface area contributed by atoms with Gasteiger partial charge in [-0.05, 0) is 23.6 Å². The monoisotopic (exact) mass is 630 g/mol. The minimum Gasteiger partial charge on any atom is -0.496 e. The fraction of sp³-hybridized carbons (Fsp3) is 0.312. The summed E-state index contributed by atoms with van der Waals surface area (Å²) in [6.45, 7) is 3.64. The maximum atomic E-state index is 13.6. The molecule has 4 aromatic rings. The van der Waals surface area contributed by atoms with E-state index in [1.54, 1.807) is 29.6 Å². The molecule has 3 N–H and O–H groups in total. The van der Waals surface area contributed by atoms with Crippen molar-refractivity contribution in [1.82, 2.24) is 30.8 Å². The lowest BCUT2D eigenvalue weighted by atomic mass is 10.0. The lowest BCUT2D eigenvalue weighted by Gasteiger charge is -2.26. The van der Waals surface area contributed by atoms with Gasteiger partial charge in [-0.25, -0.2) is 9.97 Å². The molecular weight excluding hydrogens is 596 g/mol. The van der Waals surface area contributed by atoms with Crippen LogP contribution in [0.5, 0.6) is 5.75 Å². The van der Waals surface area contributed by atoms with Crippen LogP contribution in [0.4, 0.5) is 0 Å². The number of carbonyl (C=O) groups is 4. The van der Waals surface area contributed by atoms with Gasteiger partial charge >= 0.3 is 0 Å². The topological polar surface area (TPSA) is 156 Å². The lowest BCUT2D eigenvalue weighted by molar-refractivity contribution is -0.122. The molecule has 2 aromatic heterocycles. The number of amides is 4. The van der Waals surface area contributed by atoms with Gasteiger partial charge in [0.15, 0.2) is 5.69 Å². The molecule has 0 saturated carbocycles. The van der Waals surface area contributed by atoms with Crippen molar-refractivity contribution in [3.8, 4) is 5.75 Å². The number of fused-ring (bicyclic) bond motifs is 4. The van der Waals surface area contributed by atoms with Crippen LogP contribution in [0.15, 0.2) is 70.7 Å². The summed E-state index contributed by atoms with van der Waals surface area (Å²) in [4.78, 5) is 63.8. The zero-order chi connectivity index (χ0) is 31.9. The van der Waals surface area contributed by atoms with Crippen molar-refractivity contribution in [3.63, 3.8) is 0 Å². The second-order valence-electron chi connectivity index (χ2n) is 10.8. The molecule has 12 nitrogen and oxygen atoms in total. The van der Waals surface area contributed by atoms with E-state index in [2.05, 4.69) is 25.9 Å². The summed E-state index contributed by atoms with van der Waals surface area (Å²) < 4.78 is 11.1. The Labute approximate surface area is 264 Å². The fourth-order valence-corrected chi connectivity index (χ4v) is 5.93. The molecular formula is C32H34N6O6S. The third-order valence-electron chi connectivity index (χ3n) is 7.27. The third kappa shape index (κ3) is 7.55. The molecule has 0 spiro atoms. The zero-order valence-electron chi connectivity index (χ0n) is 25.1. The lowest BCUT2D eigenvalue weighted by Crippen LogP contribution is -2.45. The van der Waals surface area contributed by atoms with Gasteiger partial charge < -0.3 is 30.0 Å². The van der Waals surface area contributed by atoms with Gasteiger partial charge in [-0.2, -0.15) is 0 Å². The van der Waals surface area contributed by atoms with E-state index in [1.807, 2.05) is 44.2 Å². The molecule has 13 heteroatoms. The number of methoxy groups -OCH3 is 1. The number of aromatic nitrogens is 2. The Balaban J connectivity index is 1.48. The first kappa shape index (κ1) is 31.4. The van der Waals surface area contributed by atoms with Crippen LogP contribution in [-0.4, -0.2) is 65.2 Å². The smallest absolute Gasteiger partial charge is 0.273 e. The van der Waals surface area contributed by atoms with Crippen LogP contribution in [0.2, 0.25) is 0 Å². The van der Waals surface area contributed by atoms with E-state index in [-0.39, 0.29) is 48.4 Å². The van der Waals surface area contributed by atoms with Gasteiger partial charge in [0.2, 0.25) is 11.8 Å². The van der Waals surface area contributed by atoms with Crippen molar-refractivity contribution in [2.45, 2.75) is 32.4 Å². The number of para-hydroxylation sites is 1. The standard InChI is InChI=1S/C32H34N6O6S/c1-19(2)27-31-36-24(18-45-31)29(41)34-22(15-20-9-5-4-6-10-20)30-35-23(17-44-30)28(40)33-13-14-38(16-26(39)37-27)32(42)21-11-7-8-12-25(21)43-3/h4-12,17-19,22,27H,13-16H2,1-3H3,(H,33,40)(H,34,41)(H,37,39)/t22-,27-/m0/s1. The molecule has 5 rings (SSSR count). The van der Waals surface area contributed by atoms with Crippen molar-refractivity contribution in [2.24, 2.45) is 5.92 Å². The van der Waals surface area contributed by atoms with Crippen molar-refractivity contribution in [2.75, 3.05) is 26.7 Å². The second kappa shape index (κ2) is 14.2. The first-order chi connectivity index (χ1) is 21.7. The van der Waals surface area contributed by atoms with Crippen LogP contribution in [0.3, 0.4) is 0 Å². The molecule has 4 bridgehead atoms. The highest BCUT2D eigenvalue weighted by Crippen LogP contribution is 2.26. The molecule has 2 atom stereocenters. The summed E-state index contributed by atoms with van der Waals surface area (Å²) in [6.07, 6.45) is 1.58. The molecule has 0 fully saturated rings. The number of thiazole rings is 1. The molecule has 234 valence electrons. The Bertz CT molecular complexity index is 1670. The molecule has 0 saturated heterocycles. The Kier molecular flexibility index (Phi) is 9.88. The van der Waals surface area contributed by atoms with E-state index in [0.717, 1.165) is 5.56 Å². The van der Waals surface area contributed by atoms with Crippen LogP contribution >= 0.6 is 11.3 Å². The van der Waals surface area contributed by atoms with Crippen molar-refractivity contribution < 1.29 is 28.3 Å². The molecule has 4 amide bonds. The Morgan fingerprint density at radius 1 is 1.02 bits per heavy atom. The minimum absolute atomic E-state index is 0.00879. The second-order valence-corrected chi connectivity index (χ2v) is 11.7. The highest BCUT2D eigenvalue weighted by atomic mass is 32.1. The third-order valence-corrected chi connectivity index (χ3v) is 8.20. The number of oxazole rings is 1. The van der Waals surface area contributed by atoms with Gasteiger partial charge in [-0.1, -0.05) is 56.3 Å². The predicted molar refractivity (Wildman–Crippen MR) is 166 cm³/mol. The summed E-state index contributed by atoms with van der Waals surface area (Å²) in [5.41, 5.74) is 1.39. The number of hydrogen-bond donors (Lipinski definition) is 3. The minimum atomic E-state index is -0.694. The van der Waals surface area contributed by atoms with Gasteiger partial charge in [-0.15, -0.1) is 11.3 Å². The van der Waals surface area contributed by atoms with Crippen LogP contribution in [0.1, 0.15) is 73.7 Å². The van der Waals surface area contributed by atoms with Crippen molar-refractivity contribution in [3.05, 3.63) is 99.7 Å². The highest BCUT2D eigenvalue weighted by molar-refractivity contribution is 7.09. The molecule has 0 unspecified atom stereocenters. The Morgan fingerprint density at radius 3 is 2.53 bits per heavy atom. The summed E-state index contributed by atoms with van der Waals surface area (Å²) in [5, 5.41) is 10.9. The largest absolute Gasteiger partial charge is 0.496 e. The van der Waals surface area contributed by atoms with E-state index in [4.69, 9.17) is 9.15 Å². The van der Waals surface area contributed by atoms with Gasteiger partial charge in [0.25, 0.3) is 17.7 Å². The van der Waals surface area contributed by atoms with Crippen LogP contribution in [0.25, 0.3) is 0 Å². The molecule has 2 aromatic carbocycles. The SMILES string of the molecule is COc1ccccc1C(=O)N1CCNC(=O)c2coc(n2)[C@H](Cc2ccccc2)NC(=O)c2csc(n2)[C@H](C(C)C)NC(=O)C1. The van der Waals surface area contributed by atoms with Gasteiger partial charge in [0.05, 0.1) is 25.3 Å². The molecule has 0 radical (unpaired) electrons. The summed E-state index contributed by atoms with van der Waals surface area (Å²) in [7, 11) is 1.46. The highest BCUT2D eigenvalue weighted by Gasteiger charge is 2.29. The normalized spacial score (nSPS) is 18.0. The number of ether oxygens (including phenoxy) is 1. The zero-order valence-corrected chi connectivity index (χ0v) is 25.9. The molecule has 0 aliphatic carbocycles. The van der Waals surface area contributed by atoms with E-state index in [1.165, 1.54) is 29.6 Å². The maximum Gasteiger partial charge on any atom is 0.273 e. The van der Waals surface area contributed by atoms with Crippen LogP contribution in [0, 0.1) is 5.92 Å². The van der Waals surface area contributed by atoms with E-state index < -0.39 is 35.7 Å². The average Bonchev–Trinajstić information content (AvgIpc) is 3.73. The number of benzene rings is 2. The van der Waals surface area contributed by atoms with Crippen LogP contribution < -0.4 is 20.7 Å². The Hall–Kier alpha value is -5.04. The number of nitrogens with one attached hydrogen (secondary N) is 3. The molecule has 1 aliphatic heterocycles.